The Kier molecular flexibility index (Phi) is 2.13. The number of aromatic nitrogens is 2. The fraction of sp³-hybridized carbons (Fsp3) is 0.667. The van der Waals surface area contributed by atoms with Gasteiger partial charge in [-0.2, -0.15) is 4.98 Å². The molecule has 0 radical (unpaired) electrons. The number of anilines is 1. The standard InChI is InChI=1S/C9H14N4O2/c1-5-10-8(15-13-5)12-7(14)11-6-4-9(6,2)3/h6H,4H2,1-3H3,(H2,10,11,12,13,14). The summed E-state index contributed by atoms with van der Waals surface area (Å²) in [6.07, 6.45) is 1.00. The van der Waals surface area contributed by atoms with Crippen molar-refractivity contribution in [2.24, 2.45) is 5.41 Å². The summed E-state index contributed by atoms with van der Waals surface area (Å²) in [6, 6.07) is 0.0687. The molecule has 6 heteroatoms. The van der Waals surface area contributed by atoms with Gasteiger partial charge in [0.05, 0.1) is 0 Å². The molecule has 2 amide bonds. The minimum absolute atomic E-state index is 0.128. The van der Waals surface area contributed by atoms with Crippen LogP contribution in [0.1, 0.15) is 26.1 Å². The van der Waals surface area contributed by atoms with Gasteiger partial charge >= 0.3 is 12.0 Å². The van der Waals surface area contributed by atoms with Crippen LogP contribution in [-0.2, 0) is 0 Å². The maximum absolute atomic E-state index is 11.4. The molecule has 1 unspecified atom stereocenters. The molecule has 0 spiro atoms. The maximum Gasteiger partial charge on any atom is 0.329 e. The predicted molar refractivity (Wildman–Crippen MR) is 53.4 cm³/mol. The molecule has 0 bridgehead atoms. The van der Waals surface area contributed by atoms with Crippen molar-refractivity contribution in [3.8, 4) is 0 Å². The summed E-state index contributed by atoms with van der Waals surface area (Å²) in [4.78, 5) is 15.3. The summed E-state index contributed by atoms with van der Waals surface area (Å²) < 4.78 is 4.76. The molecule has 0 aliphatic heterocycles. The highest BCUT2D eigenvalue weighted by Gasteiger charge is 2.46. The van der Waals surface area contributed by atoms with E-state index >= 15 is 0 Å². The molecule has 1 saturated carbocycles. The van der Waals surface area contributed by atoms with E-state index in [1.54, 1.807) is 6.92 Å². The quantitative estimate of drug-likeness (QED) is 0.771. The van der Waals surface area contributed by atoms with Gasteiger partial charge in [0.2, 0.25) is 0 Å². The van der Waals surface area contributed by atoms with E-state index in [4.69, 9.17) is 4.52 Å². The summed E-state index contributed by atoms with van der Waals surface area (Å²) in [7, 11) is 0. The van der Waals surface area contributed by atoms with Crippen molar-refractivity contribution in [2.75, 3.05) is 5.32 Å². The maximum atomic E-state index is 11.4. The number of urea groups is 1. The molecule has 1 aromatic rings. The summed E-state index contributed by atoms with van der Waals surface area (Å²) >= 11 is 0. The number of hydrogen-bond donors (Lipinski definition) is 2. The van der Waals surface area contributed by atoms with E-state index < -0.39 is 0 Å². The molecule has 1 aromatic heterocycles. The molecule has 2 N–H and O–H groups in total. The van der Waals surface area contributed by atoms with E-state index in [1.807, 2.05) is 0 Å². The van der Waals surface area contributed by atoms with Gasteiger partial charge in [-0.25, -0.2) is 4.79 Å². The summed E-state index contributed by atoms with van der Waals surface area (Å²) in [6.45, 7) is 5.90. The van der Waals surface area contributed by atoms with Gasteiger partial charge in [0.1, 0.15) is 0 Å². The van der Waals surface area contributed by atoms with Crippen LogP contribution in [0.4, 0.5) is 10.8 Å². The van der Waals surface area contributed by atoms with Crippen molar-refractivity contribution in [2.45, 2.75) is 33.2 Å². The number of carbonyl (C=O) groups excluding carboxylic acids is 1. The molecule has 1 fully saturated rings. The first kappa shape index (κ1) is 9.95. The number of nitrogens with one attached hydrogen (secondary N) is 2. The summed E-state index contributed by atoms with van der Waals surface area (Å²) in [5.74, 6) is 0.497. The lowest BCUT2D eigenvalue weighted by Crippen LogP contribution is -2.32. The molecule has 1 atom stereocenters. The lowest BCUT2D eigenvalue weighted by molar-refractivity contribution is 0.249. The Morgan fingerprint density at radius 1 is 1.60 bits per heavy atom. The zero-order valence-corrected chi connectivity index (χ0v) is 9.00. The first-order valence-corrected chi connectivity index (χ1v) is 4.85. The highest BCUT2D eigenvalue weighted by atomic mass is 16.5. The molecule has 1 aliphatic carbocycles. The van der Waals surface area contributed by atoms with Gasteiger partial charge in [-0.3, -0.25) is 5.32 Å². The highest BCUT2D eigenvalue weighted by Crippen LogP contribution is 2.44. The number of rotatable bonds is 2. The van der Waals surface area contributed by atoms with Crippen LogP contribution in [-0.4, -0.2) is 22.2 Å². The van der Waals surface area contributed by atoms with Gasteiger partial charge in [0.15, 0.2) is 5.82 Å². The first-order valence-electron chi connectivity index (χ1n) is 4.85. The molecule has 6 nitrogen and oxygen atoms in total. The number of amides is 2. The minimum Gasteiger partial charge on any atom is -0.334 e. The normalized spacial score (nSPS) is 22.2. The zero-order valence-electron chi connectivity index (χ0n) is 9.00. The van der Waals surface area contributed by atoms with Gasteiger partial charge in [0.25, 0.3) is 0 Å². The lowest BCUT2D eigenvalue weighted by Gasteiger charge is -2.05. The second-order valence-electron chi connectivity index (χ2n) is 4.49. The van der Waals surface area contributed by atoms with Crippen molar-refractivity contribution in [1.29, 1.82) is 0 Å². The van der Waals surface area contributed by atoms with E-state index in [9.17, 15) is 4.79 Å². The fourth-order valence-corrected chi connectivity index (χ4v) is 1.35. The lowest BCUT2D eigenvalue weighted by atomic mass is 10.2. The third-order valence-electron chi connectivity index (χ3n) is 2.57. The van der Waals surface area contributed by atoms with Crippen molar-refractivity contribution >= 4 is 12.0 Å². The Labute approximate surface area is 87.4 Å². The molecule has 2 rings (SSSR count). The van der Waals surface area contributed by atoms with Gasteiger partial charge in [-0.15, -0.1) is 0 Å². The predicted octanol–water partition coefficient (Wildman–Crippen LogP) is 1.30. The zero-order chi connectivity index (χ0) is 11.1. The minimum atomic E-state index is -0.297. The van der Waals surface area contributed by atoms with E-state index in [2.05, 4.69) is 34.6 Å². The van der Waals surface area contributed by atoms with Crippen LogP contribution < -0.4 is 10.6 Å². The molecule has 1 heterocycles. The van der Waals surface area contributed by atoms with E-state index in [0.717, 1.165) is 6.42 Å². The van der Waals surface area contributed by atoms with Crippen LogP contribution in [0.15, 0.2) is 4.52 Å². The molecule has 0 saturated heterocycles. The van der Waals surface area contributed by atoms with E-state index in [-0.39, 0.29) is 23.5 Å². The van der Waals surface area contributed by atoms with Crippen molar-refractivity contribution in [3.63, 3.8) is 0 Å². The Balaban J connectivity index is 1.83. The fourth-order valence-electron chi connectivity index (χ4n) is 1.35. The van der Waals surface area contributed by atoms with Crippen LogP contribution in [0.2, 0.25) is 0 Å². The van der Waals surface area contributed by atoms with Crippen molar-refractivity contribution < 1.29 is 9.32 Å². The average molecular weight is 210 g/mol. The molecular weight excluding hydrogens is 196 g/mol. The van der Waals surface area contributed by atoms with Crippen LogP contribution in [0, 0.1) is 12.3 Å². The average Bonchev–Trinajstić information content (AvgIpc) is 2.54. The first-order chi connectivity index (χ1) is 6.97. The molecule has 82 valence electrons. The van der Waals surface area contributed by atoms with E-state index in [0.29, 0.717) is 5.82 Å². The van der Waals surface area contributed by atoms with Gasteiger partial charge in [-0.05, 0) is 18.8 Å². The van der Waals surface area contributed by atoms with Crippen LogP contribution in [0.5, 0.6) is 0 Å². The Bertz CT molecular complexity index is 385. The Morgan fingerprint density at radius 2 is 2.27 bits per heavy atom. The van der Waals surface area contributed by atoms with Crippen LogP contribution >= 0.6 is 0 Å². The Hall–Kier alpha value is -1.59. The Morgan fingerprint density at radius 3 is 2.73 bits per heavy atom. The topological polar surface area (TPSA) is 80.0 Å². The second-order valence-corrected chi connectivity index (χ2v) is 4.49. The number of aryl methyl sites for hydroxylation is 1. The third kappa shape index (κ3) is 2.26. The number of nitrogens with zero attached hydrogens (tertiary/aromatic N) is 2. The molecule has 0 aromatic carbocycles. The van der Waals surface area contributed by atoms with E-state index in [1.165, 1.54) is 0 Å². The number of carbonyl (C=O) groups is 1. The van der Waals surface area contributed by atoms with Crippen LogP contribution in [0.3, 0.4) is 0 Å². The molecular formula is C9H14N4O2. The van der Waals surface area contributed by atoms with Gasteiger partial charge < -0.3 is 9.84 Å². The van der Waals surface area contributed by atoms with Crippen molar-refractivity contribution in [1.82, 2.24) is 15.5 Å². The second kappa shape index (κ2) is 3.22. The number of hydrogen-bond acceptors (Lipinski definition) is 4. The SMILES string of the molecule is Cc1noc(NC(=O)NC2CC2(C)C)n1. The monoisotopic (exact) mass is 210 g/mol. The third-order valence-corrected chi connectivity index (χ3v) is 2.57. The largest absolute Gasteiger partial charge is 0.334 e. The smallest absolute Gasteiger partial charge is 0.329 e. The summed E-state index contributed by atoms with van der Waals surface area (Å²) in [5, 5.41) is 8.87. The van der Waals surface area contributed by atoms with Gasteiger partial charge in [-0.1, -0.05) is 19.0 Å². The molecule has 1 aliphatic rings. The van der Waals surface area contributed by atoms with Crippen LogP contribution in [0.25, 0.3) is 0 Å². The highest BCUT2D eigenvalue weighted by molar-refractivity contribution is 5.87. The summed E-state index contributed by atoms with van der Waals surface area (Å²) in [5.41, 5.74) is 0.210. The van der Waals surface area contributed by atoms with Crippen molar-refractivity contribution in [3.05, 3.63) is 5.82 Å². The molecule has 15 heavy (non-hydrogen) atoms. The van der Waals surface area contributed by atoms with Gasteiger partial charge in [0, 0.05) is 6.04 Å².